The molecule has 0 aromatic heterocycles. The number of rotatable bonds is 7. The fourth-order valence-corrected chi connectivity index (χ4v) is 9.45. The van der Waals surface area contributed by atoms with Crippen LogP contribution in [0.5, 0.6) is 0 Å². The Balaban J connectivity index is 2.23. The van der Waals surface area contributed by atoms with Crippen LogP contribution in [0.4, 0.5) is 0 Å². The Morgan fingerprint density at radius 2 is 1.26 bits per heavy atom. The third-order valence-corrected chi connectivity index (χ3v) is 10.5. The minimum atomic E-state index is -2.61. The molecule has 0 aliphatic rings. The summed E-state index contributed by atoms with van der Waals surface area (Å²) in [7, 11) is -5.96. The van der Waals surface area contributed by atoms with Crippen molar-refractivity contribution in [3.05, 3.63) is 60.7 Å². The van der Waals surface area contributed by atoms with Crippen molar-refractivity contribution in [2.24, 2.45) is 0 Å². The summed E-state index contributed by atoms with van der Waals surface area (Å²) in [5, 5.41) is 2.38. The highest BCUT2D eigenvalue weighted by molar-refractivity contribution is 6.87. The summed E-state index contributed by atoms with van der Waals surface area (Å²) >= 11 is 0. The van der Waals surface area contributed by atoms with Crippen LogP contribution in [0.1, 0.15) is 0 Å². The zero-order chi connectivity index (χ0) is 16.9. The second-order valence-electron chi connectivity index (χ2n) is 6.76. The van der Waals surface area contributed by atoms with Gasteiger partial charge in [-0.3, -0.25) is 9.15 Å². The molecule has 2 aromatic carbocycles. The molecule has 0 fully saturated rings. The summed E-state index contributed by atoms with van der Waals surface area (Å²) < 4.78 is 18.3. The Bertz CT molecular complexity index is 601. The van der Waals surface area contributed by atoms with Gasteiger partial charge in [-0.05, 0) is 43.1 Å². The van der Waals surface area contributed by atoms with E-state index in [4.69, 9.17) is 13.3 Å². The summed E-state index contributed by atoms with van der Waals surface area (Å²) in [5.74, 6) is 0. The average molecular weight is 363 g/mol. The molecule has 2 atom stereocenters. The largest absolute Gasteiger partial charge is 0.430 e. The molecule has 0 aliphatic carbocycles. The van der Waals surface area contributed by atoms with E-state index in [1.54, 1.807) is 0 Å². The van der Waals surface area contributed by atoms with Crippen LogP contribution in [-0.4, -0.2) is 25.9 Å². The summed E-state index contributed by atoms with van der Waals surface area (Å²) in [6.07, 6.45) is 0. The third-order valence-electron chi connectivity index (χ3n) is 3.42. The number of hydrogen-bond acceptors (Lipinski definition) is 3. The lowest BCUT2D eigenvalue weighted by Gasteiger charge is -2.32. The van der Waals surface area contributed by atoms with E-state index in [-0.39, 0.29) is 0 Å². The monoisotopic (exact) mass is 362 g/mol. The Kier molecular flexibility index (Phi) is 6.13. The van der Waals surface area contributed by atoms with Crippen molar-refractivity contribution in [2.75, 3.05) is 0 Å². The molecule has 0 saturated heterocycles. The van der Waals surface area contributed by atoms with Crippen LogP contribution in [0.15, 0.2) is 60.7 Å². The van der Waals surface area contributed by atoms with Gasteiger partial charge in [0.2, 0.25) is 8.32 Å². The van der Waals surface area contributed by atoms with Gasteiger partial charge in [-0.15, -0.1) is 0 Å². The molecule has 0 radical (unpaired) electrons. The van der Waals surface area contributed by atoms with Gasteiger partial charge in [-0.1, -0.05) is 60.7 Å². The van der Waals surface area contributed by atoms with E-state index in [9.17, 15) is 0 Å². The first-order valence-corrected chi connectivity index (χ1v) is 15.9. The summed E-state index contributed by atoms with van der Waals surface area (Å²) in [6.45, 7) is 10.6. The van der Waals surface area contributed by atoms with Gasteiger partial charge in [0, 0.05) is 0 Å². The average Bonchev–Trinajstić information content (AvgIpc) is 2.54. The first-order chi connectivity index (χ1) is 10.8. The van der Waals surface area contributed by atoms with Gasteiger partial charge in [0.05, 0.1) is 0 Å². The normalized spacial score (nSPS) is 15.9. The molecule has 2 unspecified atom stereocenters. The fraction of sp³-hybridized carbons (Fsp3) is 0.294. The van der Waals surface area contributed by atoms with Gasteiger partial charge in [-0.25, -0.2) is 0 Å². The topological polar surface area (TPSA) is 27.7 Å². The van der Waals surface area contributed by atoms with Crippen LogP contribution >= 0.6 is 0 Å². The summed E-state index contributed by atoms with van der Waals surface area (Å²) in [5.41, 5.74) is 0. The van der Waals surface area contributed by atoms with Gasteiger partial charge in [0.1, 0.15) is 0 Å². The van der Waals surface area contributed by atoms with Gasteiger partial charge < -0.3 is 4.12 Å². The third kappa shape index (κ3) is 5.52. The summed E-state index contributed by atoms with van der Waals surface area (Å²) in [6, 6.07) is 20.6. The minimum absolute atomic E-state index is 1.11. The molecule has 23 heavy (non-hydrogen) atoms. The Morgan fingerprint density at radius 1 is 0.739 bits per heavy atom. The lowest BCUT2D eigenvalue weighted by molar-refractivity contribution is -0.134. The highest BCUT2D eigenvalue weighted by atomic mass is 28.4. The Labute approximate surface area is 143 Å². The molecule has 2 rings (SSSR count). The predicted octanol–water partition coefficient (Wildman–Crippen LogP) is 3.03. The smallest absolute Gasteiger partial charge is 0.392 e. The molecule has 0 aliphatic heterocycles. The van der Waals surface area contributed by atoms with Crippen molar-refractivity contribution in [2.45, 2.75) is 32.7 Å². The molecule has 2 aromatic rings. The Morgan fingerprint density at radius 3 is 1.78 bits per heavy atom. The van der Waals surface area contributed by atoms with Gasteiger partial charge >= 0.3 is 8.56 Å². The predicted molar refractivity (Wildman–Crippen MR) is 103 cm³/mol. The number of benzene rings is 2. The van der Waals surface area contributed by atoms with Crippen molar-refractivity contribution >= 4 is 36.3 Å². The SMILES string of the molecule is C[SiH](O[Si](C)(OO[Si](C)(C)C)c1ccccc1)c1ccccc1. The van der Waals surface area contributed by atoms with Crippen molar-refractivity contribution in [3.63, 3.8) is 0 Å². The molecule has 0 bridgehead atoms. The summed E-state index contributed by atoms with van der Waals surface area (Å²) in [4.78, 5) is 0. The molecule has 0 saturated carbocycles. The molecule has 0 amide bonds. The van der Waals surface area contributed by atoms with Crippen molar-refractivity contribution < 1.29 is 13.3 Å². The highest BCUT2D eigenvalue weighted by Gasteiger charge is 2.39. The van der Waals surface area contributed by atoms with Crippen LogP contribution in [0, 0.1) is 0 Å². The van der Waals surface area contributed by atoms with E-state index in [2.05, 4.69) is 69.1 Å². The van der Waals surface area contributed by atoms with Crippen molar-refractivity contribution in [1.29, 1.82) is 0 Å². The molecular formula is C17H26O3Si3. The molecule has 124 valence electrons. The maximum absolute atomic E-state index is 6.56. The lowest BCUT2D eigenvalue weighted by Crippen LogP contribution is -2.57. The van der Waals surface area contributed by atoms with E-state index in [0.29, 0.717) is 0 Å². The molecule has 3 nitrogen and oxygen atoms in total. The van der Waals surface area contributed by atoms with Gasteiger partial charge in [0.25, 0.3) is 0 Å². The highest BCUT2D eigenvalue weighted by Crippen LogP contribution is 2.14. The molecule has 0 heterocycles. The Hall–Kier alpha value is -1.03. The lowest BCUT2D eigenvalue weighted by atomic mass is 10.4. The molecule has 0 spiro atoms. The zero-order valence-corrected chi connectivity index (χ0v) is 17.7. The number of hydrogen-bond donors (Lipinski definition) is 0. The molecule has 0 N–H and O–H groups in total. The van der Waals surface area contributed by atoms with E-state index >= 15 is 0 Å². The fourth-order valence-electron chi connectivity index (χ4n) is 2.21. The first-order valence-electron chi connectivity index (χ1n) is 7.95. The van der Waals surface area contributed by atoms with Crippen LogP contribution in [0.2, 0.25) is 32.7 Å². The van der Waals surface area contributed by atoms with Crippen molar-refractivity contribution in [3.8, 4) is 0 Å². The standard InChI is InChI=1S/C17H26O3Si3/c1-21(16-12-8-6-9-13-16)20-23(5,19-18-22(2,3)4)17-14-10-7-11-15-17/h6-15,21H,1-5H3. The zero-order valence-electron chi connectivity index (χ0n) is 14.6. The van der Waals surface area contributed by atoms with Crippen molar-refractivity contribution in [1.82, 2.24) is 0 Å². The van der Waals surface area contributed by atoms with Gasteiger partial charge in [-0.2, -0.15) is 0 Å². The molecular weight excluding hydrogens is 336 g/mol. The van der Waals surface area contributed by atoms with E-state index in [1.807, 2.05) is 24.3 Å². The molecule has 6 heteroatoms. The van der Waals surface area contributed by atoms with E-state index in [0.717, 1.165) is 5.19 Å². The van der Waals surface area contributed by atoms with Crippen LogP contribution in [0.3, 0.4) is 0 Å². The van der Waals surface area contributed by atoms with Crippen LogP contribution in [-0.2, 0) is 13.3 Å². The minimum Gasteiger partial charge on any atom is -0.430 e. The van der Waals surface area contributed by atoms with E-state index < -0.39 is 25.9 Å². The second kappa shape index (κ2) is 7.69. The van der Waals surface area contributed by atoms with E-state index in [1.165, 1.54) is 5.19 Å². The maximum Gasteiger partial charge on any atom is 0.392 e. The first kappa shape index (κ1) is 18.3. The maximum atomic E-state index is 6.56. The quantitative estimate of drug-likeness (QED) is 0.430. The van der Waals surface area contributed by atoms with Crippen LogP contribution in [0.25, 0.3) is 0 Å². The second-order valence-corrected chi connectivity index (χ2v) is 16.7. The van der Waals surface area contributed by atoms with Gasteiger partial charge in [0.15, 0.2) is 9.04 Å². The van der Waals surface area contributed by atoms with Crippen LogP contribution < -0.4 is 10.4 Å².